The van der Waals surface area contributed by atoms with Crippen LogP contribution in [0.5, 0.6) is 5.75 Å². The van der Waals surface area contributed by atoms with E-state index in [0.29, 0.717) is 19.5 Å². The van der Waals surface area contributed by atoms with Crippen molar-refractivity contribution in [2.24, 2.45) is 5.92 Å². The largest absolute Gasteiger partial charge is 0.488 e. The lowest BCUT2D eigenvalue weighted by molar-refractivity contribution is -0.135. The Morgan fingerprint density at radius 1 is 1.11 bits per heavy atom. The number of benzene rings is 2. The molecule has 5 nitrogen and oxygen atoms in total. The normalized spacial score (nSPS) is 15.8. The van der Waals surface area contributed by atoms with Crippen LogP contribution in [0.25, 0.3) is 0 Å². The number of hydrogen-bond acceptors (Lipinski definition) is 4. The molecular formula is C28H30F2N2O3S. The van der Waals surface area contributed by atoms with Crippen molar-refractivity contribution >= 4 is 23.2 Å². The summed E-state index contributed by atoms with van der Waals surface area (Å²) in [5.74, 6) is -1.57. The molecule has 1 aromatic heterocycles. The zero-order valence-corrected chi connectivity index (χ0v) is 21.3. The molecule has 36 heavy (non-hydrogen) atoms. The van der Waals surface area contributed by atoms with Gasteiger partial charge in [0.25, 0.3) is 5.91 Å². The molecule has 1 aliphatic rings. The number of amides is 2. The number of para-hydroxylation sites is 1. The topological polar surface area (TPSA) is 49.9 Å². The van der Waals surface area contributed by atoms with Gasteiger partial charge in [0.2, 0.25) is 5.91 Å². The van der Waals surface area contributed by atoms with Gasteiger partial charge in [-0.15, -0.1) is 11.3 Å². The Labute approximate surface area is 214 Å². The minimum atomic E-state index is -0.610. The van der Waals surface area contributed by atoms with E-state index in [-0.39, 0.29) is 36.3 Å². The Kier molecular flexibility index (Phi) is 8.36. The summed E-state index contributed by atoms with van der Waals surface area (Å²) in [6.07, 6.45) is 1.51. The zero-order valence-electron chi connectivity index (χ0n) is 20.5. The zero-order chi connectivity index (χ0) is 25.7. The van der Waals surface area contributed by atoms with E-state index in [1.807, 2.05) is 25.3 Å². The van der Waals surface area contributed by atoms with E-state index in [4.69, 9.17) is 4.74 Å². The van der Waals surface area contributed by atoms with E-state index < -0.39 is 23.6 Å². The van der Waals surface area contributed by atoms with Crippen molar-refractivity contribution in [2.75, 3.05) is 26.2 Å². The molecule has 2 atom stereocenters. The van der Waals surface area contributed by atoms with Crippen LogP contribution in [-0.4, -0.2) is 47.9 Å². The molecular weight excluding hydrogens is 482 g/mol. The second-order valence-electron chi connectivity index (χ2n) is 9.07. The number of carbonyl (C=O) groups excluding carboxylic acids is 2. The number of rotatable bonds is 9. The number of fused-ring (bicyclic) bond motifs is 1. The van der Waals surface area contributed by atoms with Crippen LogP contribution in [-0.2, 0) is 11.2 Å². The third kappa shape index (κ3) is 5.75. The van der Waals surface area contributed by atoms with Crippen molar-refractivity contribution in [1.29, 1.82) is 0 Å². The molecule has 0 radical (unpaired) electrons. The fourth-order valence-electron chi connectivity index (χ4n) is 4.39. The standard InChI is InChI=1S/C28H30F2N2O3S/c1-3-19(2)16-31(28(34)20-8-4-5-9-22(20)29)17-27(33)32-14-12-26-21(13-15-36-26)24(32)18-35-25-11-7-6-10-23(25)30/h4-11,13,15,19,24H,3,12,14,16-18H2,1-2H3/t19-,24+/m0/s1. The van der Waals surface area contributed by atoms with Crippen LogP contribution in [0, 0.1) is 17.6 Å². The molecule has 0 N–H and O–H groups in total. The molecule has 0 fully saturated rings. The molecule has 0 spiro atoms. The van der Waals surface area contributed by atoms with Gasteiger partial charge in [-0.05, 0) is 53.6 Å². The number of thiophene rings is 1. The smallest absolute Gasteiger partial charge is 0.257 e. The molecule has 0 aliphatic carbocycles. The van der Waals surface area contributed by atoms with Crippen molar-refractivity contribution in [1.82, 2.24) is 9.80 Å². The lowest BCUT2D eigenvalue weighted by Crippen LogP contribution is -2.48. The number of halogens is 2. The van der Waals surface area contributed by atoms with Gasteiger partial charge in [0.1, 0.15) is 19.0 Å². The molecule has 2 aromatic carbocycles. The van der Waals surface area contributed by atoms with Crippen LogP contribution in [0.15, 0.2) is 60.0 Å². The first-order valence-corrected chi connectivity index (χ1v) is 13.0. The van der Waals surface area contributed by atoms with Crippen molar-refractivity contribution in [3.05, 3.63) is 87.6 Å². The Morgan fingerprint density at radius 2 is 1.83 bits per heavy atom. The Hall–Kier alpha value is -3.26. The fourth-order valence-corrected chi connectivity index (χ4v) is 5.32. The van der Waals surface area contributed by atoms with E-state index >= 15 is 0 Å². The molecule has 190 valence electrons. The summed E-state index contributed by atoms with van der Waals surface area (Å²) in [7, 11) is 0. The Balaban J connectivity index is 1.56. The van der Waals surface area contributed by atoms with Crippen molar-refractivity contribution in [2.45, 2.75) is 32.7 Å². The predicted octanol–water partition coefficient (Wildman–Crippen LogP) is 5.72. The number of ether oxygens (including phenoxy) is 1. The van der Waals surface area contributed by atoms with E-state index in [0.717, 1.165) is 12.0 Å². The van der Waals surface area contributed by atoms with Crippen LogP contribution in [0.1, 0.15) is 47.1 Å². The lowest BCUT2D eigenvalue weighted by Gasteiger charge is -2.37. The van der Waals surface area contributed by atoms with Gasteiger partial charge in [0.05, 0.1) is 11.6 Å². The quantitative estimate of drug-likeness (QED) is 0.369. The van der Waals surface area contributed by atoms with Crippen LogP contribution >= 0.6 is 11.3 Å². The Bertz CT molecular complexity index is 1210. The molecule has 4 rings (SSSR count). The van der Waals surface area contributed by atoms with Gasteiger partial charge in [-0.3, -0.25) is 9.59 Å². The highest BCUT2D eigenvalue weighted by Crippen LogP contribution is 2.34. The summed E-state index contributed by atoms with van der Waals surface area (Å²) in [5, 5.41) is 1.98. The number of nitrogens with zero attached hydrogens (tertiary/aromatic N) is 2. The first-order chi connectivity index (χ1) is 17.4. The van der Waals surface area contributed by atoms with Gasteiger partial charge < -0.3 is 14.5 Å². The van der Waals surface area contributed by atoms with Gasteiger partial charge in [-0.1, -0.05) is 44.5 Å². The highest BCUT2D eigenvalue weighted by atomic mass is 32.1. The summed E-state index contributed by atoms with van der Waals surface area (Å²) in [4.78, 5) is 31.2. The second-order valence-corrected chi connectivity index (χ2v) is 10.1. The highest BCUT2D eigenvalue weighted by Gasteiger charge is 2.34. The average Bonchev–Trinajstić information content (AvgIpc) is 3.36. The molecule has 8 heteroatoms. The third-order valence-corrected chi connectivity index (χ3v) is 7.59. The lowest BCUT2D eigenvalue weighted by atomic mass is 10.00. The van der Waals surface area contributed by atoms with Gasteiger partial charge >= 0.3 is 0 Å². The highest BCUT2D eigenvalue weighted by molar-refractivity contribution is 7.10. The van der Waals surface area contributed by atoms with Crippen molar-refractivity contribution in [3.63, 3.8) is 0 Å². The van der Waals surface area contributed by atoms with E-state index in [1.54, 1.807) is 40.5 Å². The van der Waals surface area contributed by atoms with E-state index in [1.165, 1.54) is 34.0 Å². The minimum Gasteiger partial charge on any atom is -0.488 e. The van der Waals surface area contributed by atoms with E-state index in [9.17, 15) is 18.4 Å². The van der Waals surface area contributed by atoms with E-state index in [2.05, 4.69) is 0 Å². The maximum Gasteiger partial charge on any atom is 0.257 e. The minimum absolute atomic E-state index is 0.0493. The van der Waals surface area contributed by atoms with Gasteiger partial charge in [0, 0.05) is 18.0 Å². The summed E-state index contributed by atoms with van der Waals surface area (Å²) in [6.45, 7) is 4.72. The fraction of sp³-hybridized carbons (Fsp3) is 0.357. The van der Waals surface area contributed by atoms with Crippen LogP contribution in [0.3, 0.4) is 0 Å². The SMILES string of the molecule is CC[C@H](C)CN(CC(=O)N1CCc2sccc2[C@H]1COc1ccccc1F)C(=O)c1ccccc1F. The molecule has 0 saturated carbocycles. The maximum atomic E-state index is 14.4. The maximum absolute atomic E-state index is 14.4. The molecule has 0 bridgehead atoms. The molecule has 1 aliphatic heterocycles. The third-order valence-electron chi connectivity index (χ3n) is 6.60. The monoisotopic (exact) mass is 512 g/mol. The average molecular weight is 513 g/mol. The number of carbonyl (C=O) groups is 2. The summed E-state index contributed by atoms with van der Waals surface area (Å²) < 4.78 is 34.4. The van der Waals surface area contributed by atoms with Gasteiger partial charge in [-0.25, -0.2) is 8.78 Å². The van der Waals surface area contributed by atoms with Crippen molar-refractivity contribution in [3.8, 4) is 5.75 Å². The summed E-state index contributed by atoms with van der Waals surface area (Å²) >= 11 is 1.62. The molecule has 0 unspecified atom stereocenters. The van der Waals surface area contributed by atoms with Crippen LogP contribution < -0.4 is 4.74 Å². The summed E-state index contributed by atoms with van der Waals surface area (Å²) in [5.41, 5.74) is 0.927. The van der Waals surface area contributed by atoms with Gasteiger partial charge in [-0.2, -0.15) is 0 Å². The second kappa shape index (κ2) is 11.6. The predicted molar refractivity (Wildman–Crippen MR) is 136 cm³/mol. The van der Waals surface area contributed by atoms with Crippen LogP contribution in [0.4, 0.5) is 8.78 Å². The molecule has 2 amide bonds. The van der Waals surface area contributed by atoms with Crippen molar-refractivity contribution < 1.29 is 23.1 Å². The number of hydrogen-bond donors (Lipinski definition) is 0. The van der Waals surface area contributed by atoms with Gasteiger partial charge in [0.15, 0.2) is 11.6 Å². The first-order valence-electron chi connectivity index (χ1n) is 12.2. The molecule has 3 aromatic rings. The Morgan fingerprint density at radius 3 is 2.56 bits per heavy atom. The molecule has 0 saturated heterocycles. The summed E-state index contributed by atoms with van der Waals surface area (Å²) in [6, 6.07) is 13.5. The van der Waals surface area contributed by atoms with Crippen LogP contribution in [0.2, 0.25) is 0 Å². The first kappa shape index (κ1) is 25.8. The molecule has 2 heterocycles.